The van der Waals surface area contributed by atoms with Crippen LogP contribution in [0.2, 0.25) is 5.02 Å². The highest BCUT2D eigenvalue weighted by Gasteiger charge is 2.37. The number of hydrogen-bond donors (Lipinski definition) is 2. The zero-order chi connectivity index (χ0) is 18.9. The van der Waals surface area contributed by atoms with Gasteiger partial charge >= 0.3 is 5.97 Å². The second-order valence-electron chi connectivity index (χ2n) is 6.75. The lowest BCUT2D eigenvalue weighted by atomic mass is 9.81. The molecule has 1 unspecified atom stereocenters. The van der Waals surface area contributed by atoms with Gasteiger partial charge in [-0.1, -0.05) is 29.8 Å². The lowest BCUT2D eigenvalue weighted by Gasteiger charge is -2.26. The van der Waals surface area contributed by atoms with Crippen molar-refractivity contribution in [1.82, 2.24) is 4.72 Å². The van der Waals surface area contributed by atoms with E-state index in [0.717, 1.165) is 24.8 Å². The Bertz CT molecular complexity index is 941. The molecule has 1 aliphatic carbocycles. The van der Waals surface area contributed by atoms with Crippen LogP contribution in [-0.2, 0) is 33.1 Å². The third kappa shape index (κ3) is 3.63. The third-order valence-corrected chi connectivity index (χ3v) is 6.62. The van der Waals surface area contributed by atoms with Crippen molar-refractivity contribution in [3.63, 3.8) is 0 Å². The summed E-state index contributed by atoms with van der Waals surface area (Å²) in [5, 5.41) is 10.2. The van der Waals surface area contributed by atoms with Crippen LogP contribution in [0.4, 0.5) is 0 Å². The monoisotopic (exact) mass is 393 g/mol. The topological polar surface area (TPSA) is 83.5 Å². The Morgan fingerprint density at radius 3 is 2.46 bits per heavy atom. The highest BCUT2D eigenvalue weighted by Crippen LogP contribution is 2.30. The predicted octanol–water partition coefficient (Wildman–Crippen LogP) is 3.15. The summed E-state index contributed by atoms with van der Waals surface area (Å²) in [7, 11) is -3.84. The summed E-state index contributed by atoms with van der Waals surface area (Å²) in [6.07, 6.45) is 2.99. The number of carbonyl (C=O) groups is 1. The van der Waals surface area contributed by atoms with Crippen LogP contribution in [0.5, 0.6) is 0 Å². The van der Waals surface area contributed by atoms with Gasteiger partial charge in [-0.3, -0.25) is 4.79 Å². The van der Waals surface area contributed by atoms with Gasteiger partial charge in [-0.25, -0.2) is 13.1 Å². The average Bonchev–Trinajstić information content (AvgIpc) is 3.07. The first-order chi connectivity index (χ1) is 12.2. The molecule has 2 N–H and O–H groups in total. The molecule has 3 rings (SSSR count). The molecule has 1 atom stereocenters. The maximum absolute atomic E-state index is 12.5. The Morgan fingerprint density at radius 2 is 1.81 bits per heavy atom. The minimum Gasteiger partial charge on any atom is -0.481 e. The number of fused-ring (bicyclic) bond motifs is 1. The van der Waals surface area contributed by atoms with Gasteiger partial charge < -0.3 is 5.11 Å². The minimum absolute atomic E-state index is 0.0450. The fraction of sp³-hybridized carbons (Fsp3) is 0.316. The Balaban J connectivity index is 1.86. The molecule has 0 radical (unpaired) electrons. The van der Waals surface area contributed by atoms with Crippen LogP contribution >= 0.6 is 11.6 Å². The van der Waals surface area contributed by atoms with Gasteiger partial charge in [0.1, 0.15) is 5.41 Å². The highest BCUT2D eigenvalue weighted by atomic mass is 35.5. The Morgan fingerprint density at radius 1 is 1.15 bits per heavy atom. The van der Waals surface area contributed by atoms with Crippen LogP contribution in [0.1, 0.15) is 30.0 Å². The molecular weight excluding hydrogens is 374 g/mol. The van der Waals surface area contributed by atoms with E-state index >= 15 is 0 Å². The fourth-order valence-electron chi connectivity index (χ4n) is 3.15. The Labute approximate surface area is 158 Å². The van der Waals surface area contributed by atoms with Gasteiger partial charge in [-0.05, 0) is 67.1 Å². The maximum atomic E-state index is 12.5. The van der Waals surface area contributed by atoms with E-state index in [1.54, 1.807) is 6.07 Å². The smallest absolute Gasteiger partial charge is 0.315 e. The first-order valence-corrected chi connectivity index (χ1v) is 10.2. The molecule has 5 nitrogen and oxygen atoms in total. The van der Waals surface area contributed by atoms with E-state index in [2.05, 4.69) is 4.72 Å². The molecule has 138 valence electrons. The molecule has 2 aromatic rings. The highest BCUT2D eigenvalue weighted by molar-refractivity contribution is 7.89. The second kappa shape index (κ2) is 7.02. The zero-order valence-corrected chi connectivity index (χ0v) is 15.9. The maximum Gasteiger partial charge on any atom is 0.315 e. The lowest BCUT2D eigenvalue weighted by molar-refractivity contribution is -0.142. The largest absolute Gasteiger partial charge is 0.481 e. The summed E-state index contributed by atoms with van der Waals surface area (Å²) >= 11 is 5.79. The molecule has 2 aromatic carbocycles. The number of nitrogens with one attached hydrogen (secondary N) is 1. The molecule has 0 aliphatic heterocycles. The normalized spacial score (nSPS) is 16.1. The van der Waals surface area contributed by atoms with Crippen LogP contribution in [0.25, 0.3) is 0 Å². The van der Waals surface area contributed by atoms with E-state index in [0.29, 0.717) is 10.6 Å². The summed E-state index contributed by atoms with van der Waals surface area (Å²) in [6, 6.07) is 11.4. The van der Waals surface area contributed by atoms with Crippen molar-refractivity contribution in [2.75, 3.05) is 6.54 Å². The SMILES string of the molecule is CC(CNS(=O)(=O)c1ccc(Cl)cc1)(C(=O)O)c1ccc2c(c1)CCC2. The first-order valence-electron chi connectivity index (χ1n) is 8.33. The number of sulfonamides is 1. The second-order valence-corrected chi connectivity index (χ2v) is 8.96. The van der Waals surface area contributed by atoms with Gasteiger partial charge in [0.15, 0.2) is 0 Å². The molecule has 26 heavy (non-hydrogen) atoms. The van der Waals surface area contributed by atoms with E-state index in [1.807, 2.05) is 12.1 Å². The molecular formula is C19H20ClNO4S. The molecule has 0 heterocycles. The molecule has 0 saturated heterocycles. The molecule has 0 saturated carbocycles. The predicted molar refractivity (Wildman–Crippen MR) is 100 cm³/mol. The van der Waals surface area contributed by atoms with E-state index < -0.39 is 21.4 Å². The molecule has 7 heteroatoms. The van der Waals surface area contributed by atoms with Gasteiger partial charge in [0, 0.05) is 11.6 Å². The van der Waals surface area contributed by atoms with Crippen LogP contribution in [0.3, 0.4) is 0 Å². The third-order valence-electron chi connectivity index (χ3n) is 4.95. The number of hydrogen-bond acceptors (Lipinski definition) is 3. The standard InChI is InChI=1S/C19H20ClNO4S/c1-19(18(22)23,15-6-5-13-3-2-4-14(13)11-15)12-21-26(24,25)17-9-7-16(20)8-10-17/h5-11,21H,2-4,12H2,1H3,(H,22,23). The number of rotatable bonds is 6. The van der Waals surface area contributed by atoms with Crippen molar-refractivity contribution < 1.29 is 18.3 Å². The number of aliphatic carboxylic acids is 1. The summed E-state index contributed by atoms with van der Waals surface area (Å²) in [4.78, 5) is 12.0. The number of carboxylic acid groups (broad SMARTS) is 1. The van der Waals surface area contributed by atoms with Crippen LogP contribution < -0.4 is 4.72 Å². The van der Waals surface area contributed by atoms with E-state index in [1.165, 1.54) is 36.8 Å². The van der Waals surface area contributed by atoms with Crippen molar-refractivity contribution in [3.8, 4) is 0 Å². The minimum atomic E-state index is -3.84. The van der Waals surface area contributed by atoms with Crippen molar-refractivity contribution in [2.24, 2.45) is 0 Å². The lowest BCUT2D eigenvalue weighted by Crippen LogP contribution is -2.44. The number of carboxylic acids is 1. The van der Waals surface area contributed by atoms with E-state index in [-0.39, 0.29) is 11.4 Å². The van der Waals surface area contributed by atoms with Gasteiger partial charge in [-0.2, -0.15) is 0 Å². The van der Waals surface area contributed by atoms with Crippen molar-refractivity contribution >= 4 is 27.6 Å². The number of aryl methyl sites for hydroxylation is 2. The number of benzene rings is 2. The van der Waals surface area contributed by atoms with Gasteiger partial charge in [0.05, 0.1) is 4.90 Å². The summed E-state index contributed by atoms with van der Waals surface area (Å²) in [5.41, 5.74) is 1.63. The Kier molecular flexibility index (Phi) is 5.10. The van der Waals surface area contributed by atoms with Crippen LogP contribution in [0.15, 0.2) is 47.4 Å². The van der Waals surface area contributed by atoms with Crippen LogP contribution in [0, 0.1) is 0 Å². The van der Waals surface area contributed by atoms with Gasteiger partial charge in [0.25, 0.3) is 0 Å². The molecule has 0 bridgehead atoms. The average molecular weight is 394 g/mol. The molecule has 0 aromatic heterocycles. The molecule has 0 amide bonds. The van der Waals surface area contributed by atoms with Gasteiger partial charge in [-0.15, -0.1) is 0 Å². The molecule has 0 fully saturated rings. The van der Waals surface area contributed by atoms with Gasteiger partial charge in [0.2, 0.25) is 10.0 Å². The fourth-order valence-corrected chi connectivity index (χ4v) is 4.42. The summed E-state index contributed by atoms with van der Waals surface area (Å²) in [5.74, 6) is -1.07. The van der Waals surface area contributed by atoms with Crippen molar-refractivity contribution in [2.45, 2.75) is 36.5 Å². The first kappa shape index (κ1) is 18.9. The van der Waals surface area contributed by atoms with E-state index in [9.17, 15) is 18.3 Å². The number of halogens is 1. The molecule has 0 spiro atoms. The quantitative estimate of drug-likeness (QED) is 0.789. The zero-order valence-electron chi connectivity index (χ0n) is 14.3. The Hall–Kier alpha value is -1.89. The van der Waals surface area contributed by atoms with Crippen LogP contribution in [-0.4, -0.2) is 26.0 Å². The van der Waals surface area contributed by atoms with Crippen molar-refractivity contribution in [3.05, 3.63) is 64.2 Å². The summed E-state index contributed by atoms with van der Waals surface area (Å²) < 4.78 is 27.4. The van der Waals surface area contributed by atoms with Crippen molar-refractivity contribution in [1.29, 1.82) is 0 Å². The summed E-state index contributed by atoms with van der Waals surface area (Å²) in [6.45, 7) is 1.29. The van der Waals surface area contributed by atoms with E-state index in [4.69, 9.17) is 11.6 Å². The molecule has 1 aliphatic rings.